The third kappa shape index (κ3) is 3.46. The van der Waals surface area contributed by atoms with Gasteiger partial charge in [-0.15, -0.1) is 0 Å². The third-order valence-corrected chi connectivity index (χ3v) is 4.80. The molecule has 0 aromatic heterocycles. The van der Waals surface area contributed by atoms with E-state index in [9.17, 15) is 5.11 Å². The smallest absolute Gasteiger partial charge is 0.0702 e. The summed E-state index contributed by atoms with van der Waals surface area (Å²) in [4.78, 5) is 2.46. The number of rotatable bonds is 5. The second-order valence-corrected chi connectivity index (χ2v) is 5.94. The van der Waals surface area contributed by atoms with Gasteiger partial charge in [0, 0.05) is 19.2 Å². The lowest BCUT2D eigenvalue weighted by molar-refractivity contribution is -0.0182. The Morgan fingerprint density at radius 1 is 1.22 bits per heavy atom. The molecule has 0 aromatic rings. The van der Waals surface area contributed by atoms with Gasteiger partial charge in [-0.3, -0.25) is 4.90 Å². The van der Waals surface area contributed by atoms with Crippen LogP contribution in [0.1, 0.15) is 52.4 Å². The van der Waals surface area contributed by atoms with Crippen molar-refractivity contribution in [2.45, 2.75) is 70.6 Å². The van der Waals surface area contributed by atoms with Crippen LogP contribution in [0.3, 0.4) is 0 Å². The van der Waals surface area contributed by atoms with Gasteiger partial charge in [0.05, 0.1) is 12.2 Å². The molecule has 4 atom stereocenters. The monoisotopic (exact) mass is 255 g/mol. The van der Waals surface area contributed by atoms with Crippen LogP contribution in [0.4, 0.5) is 0 Å². The minimum atomic E-state index is -0.130. The molecule has 0 bridgehead atoms. The van der Waals surface area contributed by atoms with Crippen LogP contribution >= 0.6 is 0 Å². The Morgan fingerprint density at radius 2 is 2.06 bits per heavy atom. The topological polar surface area (TPSA) is 32.7 Å². The predicted molar refractivity (Wildman–Crippen MR) is 73.6 cm³/mol. The standard InChI is InChI=1S/C15H29NO2/c1-3-12-7-8-15(17)14(10-12)16(4-2)11-13-6-5-9-18-13/h12-15,17H,3-11H2,1-2H3. The van der Waals surface area contributed by atoms with E-state index < -0.39 is 0 Å². The summed E-state index contributed by atoms with van der Waals surface area (Å²) in [7, 11) is 0. The van der Waals surface area contributed by atoms with Crippen LogP contribution in [0.15, 0.2) is 0 Å². The van der Waals surface area contributed by atoms with E-state index in [2.05, 4.69) is 18.7 Å². The molecule has 1 saturated carbocycles. The Hall–Kier alpha value is -0.120. The fourth-order valence-electron chi connectivity index (χ4n) is 3.53. The van der Waals surface area contributed by atoms with Gasteiger partial charge in [-0.2, -0.15) is 0 Å². The molecule has 1 aliphatic heterocycles. The van der Waals surface area contributed by atoms with Crippen molar-refractivity contribution in [3.63, 3.8) is 0 Å². The highest BCUT2D eigenvalue weighted by atomic mass is 16.5. The van der Waals surface area contributed by atoms with Gasteiger partial charge in [-0.25, -0.2) is 0 Å². The average molecular weight is 255 g/mol. The summed E-state index contributed by atoms with van der Waals surface area (Å²) in [6.45, 7) is 7.44. The molecule has 1 saturated heterocycles. The summed E-state index contributed by atoms with van der Waals surface area (Å²) >= 11 is 0. The maximum atomic E-state index is 10.3. The summed E-state index contributed by atoms with van der Waals surface area (Å²) in [5, 5.41) is 10.3. The minimum Gasteiger partial charge on any atom is -0.391 e. The molecule has 4 unspecified atom stereocenters. The van der Waals surface area contributed by atoms with Crippen LogP contribution in [0.2, 0.25) is 0 Å². The first kappa shape index (κ1) is 14.3. The molecule has 2 rings (SSSR count). The van der Waals surface area contributed by atoms with Crippen LogP contribution < -0.4 is 0 Å². The molecule has 3 heteroatoms. The van der Waals surface area contributed by atoms with E-state index in [0.717, 1.165) is 38.5 Å². The molecule has 2 aliphatic rings. The highest BCUT2D eigenvalue weighted by Crippen LogP contribution is 2.30. The molecule has 18 heavy (non-hydrogen) atoms. The van der Waals surface area contributed by atoms with Gasteiger partial charge in [0.25, 0.3) is 0 Å². The lowest BCUT2D eigenvalue weighted by atomic mass is 9.81. The number of ether oxygens (including phenoxy) is 1. The third-order valence-electron chi connectivity index (χ3n) is 4.80. The molecule has 106 valence electrons. The summed E-state index contributed by atoms with van der Waals surface area (Å²) in [5.41, 5.74) is 0. The van der Waals surface area contributed by atoms with E-state index in [0.29, 0.717) is 12.1 Å². The van der Waals surface area contributed by atoms with Crippen molar-refractivity contribution >= 4 is 0 Å². The molecule has 1 heterocycles. The van der Waals surface area contributed by atoms with Gasteiger partial charge < -0.3 is 9.84 Å². The number of hydrogen-bond donors (Lipinski definition) is 1. The maximum absolute atomic E-state index is 10.3. The fourth-order valence-corrected chi connectivity index (χ4v) is 3.53. The van der Waals surface area contributed by atoms with E-state index >= 15 is 0 Å². The largest absolute Gasteiger partial charge is 0.391 e. The van der Waals surface area contributed by atoms with Gasteiger partial charge in [0.15, 0.2) is 0 Å². The highest BCUT2D eigenvalue weighted by Gasteiger charge is 2.33. The van der Waals surface area contributed by atoms with E-state index in [-0.39, 0.29) is 6.10 Å². The molecule has 0 spiro atoms. The first-order chi connectivity index (χ1) is 8.74. The zero-order valence-electron chi connectivity index (χ0n) is 12.0. The zero-order chi connectivity index (χ0) is 13.0. The van der Waals surface area contributed by atoms with Crippen LogP contribution in [-0.2, 0) is 4.74 Å². The Bertz CT molecular complexity index is 241. The van der Waals surface area contributed by atoms with Crippen molar-refractivity contribution in [2.75, 3.05) is 19.7 Å². The maximum Gasteiger partial charge on any atom is 0.0702 e. The summed E-state index contributed by atoms with van der Waals surface area (Å²) in [6, 6.07) is 0.359. The van der Waals surface area contributed by atoms with Crippen LogP contribution in [0, 0.1) is 5.92 Å². The Balaban J connectivity index is 1.91. The Labute approximate surface area is 112 Å². The molecule has 1 aliphatic carbocycles. The van der Waals surface area contributed by atoms with Gasteiger partial charge in [-0.1, -0.05) is 20.3 Å². The molecule has 2 fully saturated rings. The van der Waals surface area contributed by atoms with E-state index in [1.807, 2.05) is 0 Å². The SMILES string of the molecule is CCC1CCC(O)C(N(CC)CC2CCCO2)C1. The van der Waals surface area contributed by atoms with Gasteiger partial charge in [0.2, 0.25) is 0 Å². The van der Waals surface area contributed by atoms with Crippen molar-refractivity contribution in [2.24, 2.45) is 5.92 Å². The van der Waals surface area contributed by atoms with Crippen molar-refractivity contribution in [3.05, 3.63) is 0 Å². The van der Waals surface area contributed by atoms with Crippen molar-refractivity contribution in [3.8, 4) is 0 Å². The Kier molecular flexibility index (Phi) is 5.46. The summed E-state index contributed by atoms with van der Waals surface area (Å²) < 4.78 is 5.74. The zero-order valence-corrected chi connectivity index (χ0v) is 12.0. The number of nitrogens with zero attached hydrogens (tertiary/aromatic N) is 1. The number of aliphatic hydroxyl groups excluding tert-OH is 1. The lowest BCUT2D eigenvalue weighted by Crippen LogP contribution is -2.49. The fraction of sp³-hybridized carbons (Fsp3) is 1.00. The average Bonchev–Trinajstić information content (AvgIpc) is 2.90. The van der Waals surface area contributed by atoms with Crippen LogP contribution in [0.5, 0.6) is 0 Å². The second-order valence-electron chi connectivity index (χ2n) is 5.94. The highest BCUT2D eigenvalue weighted by molar-refractivity contribution is 4.87. The predicted octanol–water partition coefficient (Wildman–Crippen LogP) is 2.43. The first-order valence-corrected chi connectivity index (χ1v) is 7.78. The summed E-state index contributed by atoms with van der Waals surface area (Å²) in [6.07, 6.45) is 7.26. The Morgan fingerprint density at radius 3 is 2.67 bits per heavy atom. The van der Waals surface area contributed by atoms with Crippen LogP contribution in [0.25, 0.3) is 0 Å². The molecule has 0 amide bonds. The molecule has 0 aromatic carbocycles. The van der Waals surface area contributed by atoms with E-state index in [4.69, 9.17) is 4.74 Å². The van der Waals surface area contributed by atoms with Crippen molar-refractivity contribution in [1.82, 2.24) is 4.90 Å². The quantitative estimate of drug-likeness (QED) is 0.819. The van der Waals surface area contributed by atoms with Crippen molar-refractivity contribution in [1.29, 1.82) is 0 Å². The van der Waals surface area contributed by atoms with Gasteiger partial charge in [-0.05, 0) is 44.6 Å². The molecular weight excluding hydrogens is 226 g/mol. The molecule has 0 radical (unpaired) electrons. The lowest BCUT2D eigenvalue weighted by Gasteiger charge is -2.41. The normalized spacial score (nSPS) is 37.3. The number of hydrogen-bond acceptors (Lipinski definition) is 3. The molecular formula is C15H29NO2. The number of likely N-dealkylation sites (N-methyl/N-ethyl adjacent to an activating group) is 1. The second kappa shape index (κ2) is 6.88. The van der Waals surface area contributed by atoms with Gasteiger partial charge >= 0.3 is 0 Å². The van der Waals surface area contributed by atoms with Crippen LogP contribution in [-0.4, -0.2) is 48.0 Å². The number of aliphatic hydroxyl groups is 1. The minimum absolute atomic E-state index is 0.130. The molecule has 1 N–H and O–H groups in total. The summed E-state index contributed by atoms with van der Waals surface area (Å²) in [5.74, 6) is 0.803. The molecule has 3 nitrogen and oxygen atoms in total. The van der Waals surface area contributed by atoms with Crippen molar-refractivity contribution < 1.29 is 9.84 Å². The van der Waals surface area contributed by atoms with Gasteiger partial charge in [0.1, 0.15) is 0 Å². The van der Waals surface area contributed by atoms with E-state index in [1.54, 1.807) is 0 Å². The van der Waals surface area contributed by atoms with E-state index in [1.165, 1.54) is 25.7 Å². The first-order valence-electron chi connectivity index (χ1n) is 7.78.